The van der Waals surface area contributed by atoms with Gasteiger partial charge in [0, 0.05) is 30.6 Å². The first-order valence-electron chi connectivity index (χ1n) is 10.9. The SMILES string of the molecule is CCCCS(=O)NC1C/C=C\CC(CN2CCOCC2)SC2OC1C(O)C(O)C2O. The van der Waals surface area contributed by atoms with Gasteiger partial charge in [-0.15, -0.1) is 11.8 Å². The molecule has 8 nitrogen and oxygen atoms in total. The van der Waals surface area contributed by atoms with E-state index in [1.165, 1.54) is 11.8 Å². The fourth-order valence-electron chi connectivity index (χ4n) is 4.00. The molecule has 3 rings (SSSR count). The molecule has 0 aliphatic carbocycles. The van der Waals surface area contributed by atoms with E-state index in [0.29, 0.717) is 12.2 Å². The van der Waals surface area contributed by atoms with Crippen LogP contribution in [0.4, 0.5) is 0 Å². The van der Waals surface area contributed by atoms with Gasteiger partial charge in [-0.2, -0.15) is 0 Å². The Balaban J connectivity index is 1.72. The van der Waals surface area contributed by atoms with Crippen LogP contribution in [0.2, 0.25) is 0 Å². The van der Waals surface area contributed by atoms with E-state index in [1.54, 1.807) is 0 Å². The van der Waals surface area contributed by atoms with Crippen LogP contribution in [0, 0.1) is 0 Å². The van der Waals surface area contributed by atoms with E-state index in [0.717, 1.165) is 52.1 Å². The fraction of sp³-hybridized carbons (Fsp3) is 0.900. The maximum absolute atomic E-state index is 12.4. The second-order valence-corrected chi connectivity index (χ2v) is 10.9. The van der Waals surface area contributed by atoms with Crippen molar-refractivity contribution in [3.8, 4) is 0 Å². The van der Waals surface area contributed by atoms with E-state index in [9.17, 15) is 19.5 Å². The summed E-state index contributed by atoms with van der Waals surface area (Å²) in [6.45, 7) is 6.11. The summed E-state index contributed by atoms with van der Waals surface area (Å²) in [6, 6.07) is -0.407. The minimum absolute atomic E-state index is 0.185. The zero-order valence-electron chi connectivity index (χ0n) is 17.6. The quantitative estimate of drug-likeness (QED) is 0.390. The molecule has 174 valence electrons. The van der Waals surface area contributed by atoms with Gasteiger partial charge in [0.25, 0.3) is 0 Å². The van der Waals surface area contributed by atoms with Crippen LogP contribution in [0.1, 0.15) is 32.6 Å². The number of hydrogen-bond acceptors (Lipinski definition) is 8. The average molecular weight is 465 g/mol. The molecule has 0 aromatic carbocycles. The predicted molar refractivity (Wildman–Crippen MR) is 119 cm³/mol. The Morgan fingerprint density at radius 2 is 1.87 bits per heavy atom. The van der Waals surface area contributed by atoms with E-state index in [-0.39, 0.29) is 5.25 Å². The Kier molecular flexibility index (Phi) is 10.1. The molecule has 0 amide bonds. The molecule has 10 heteroatoms. The van der Waals surface area contributed by atoms with Crippen LogP contribution in [-0.2, 0) is 20.5 Å². The molecule has 2 saturated heterocycles. The van der Waals surface area contributed by atoms with Gasteiger partial charge < -0.3 is 24.8 Å². The molecule has 0 spiro atoms. The first-order chi connectivity index (χ1) is 14.5. The molecule has 2 fully saturated rings. The van der Waals surface area contributed by atoms with Crippen molar-refractivity contribution >= 4 is 22.7 Å². The van der Waals surface area contributed by atoms with Gasteiger partial charge in [-0.25, -0.2) is 8.93 Å². The molecule has 30 heavy (non-hydrogen) atoms. The molecule has 8 unspecified atom stereocenters. The highest BCUT2D eigenvalue weighted by Gasteiger charge is 2.47. The van der Waals surface area contributed by atoms with E-state index >= 15 is 0 Å². The van der Waals surface area contributed by atoms with Crippen molar-refractivity contribution in [2.75, 3.05) is 38.6 Å². The molecule has 4 N–H and O–H groups in total. The number of unbranched alkanes of at least 4 members (excludes halogenated alkanes) is 1. The lowest BCUT2D eigenvalue weighted by Crippen LogP contribution is -2.62. The van der Waals surface area contributed by atoms with Crippen LogP contribution in [0.25, 0.3) is 0 Å². The molecule has 8 atom stereocenters. The third-order valence-corrected chi connectivity index (χ3v) is 8.43. The molecule has 2 bridgehead atoms. The normalized spacial score (nSPS) is 40.6. The number of hydrogen-bond donors (Lipinski definition) is 4. The van der Waals surface area contributed by atoms with Crippen LogP contribution >= 0.6 is 11.8 Å². The van der Waals surface area contributed by atoms with Gasteiger partial charge in [-0.3, -0.25) is 4.90 Å². The zero-order chi connectivity index (χ0) is 21.5. The number of nitrogens with zero attached hydrogens (tertiary/aromatic N) is 1. The van der Waals surface area contributed by atoms with Gasteiger partial charge in [-0.05, 0) is 19.3 Å². The monoisotopic (exact) mass is 464 g/mol. The van der Waals surface area contributed by atoms with Gasteiger partial charge in [0.05, 0.1) is 30.2 Å². The van der Waals surface area contributed by atoms with Gasteiger partial charge in [0.1, 0.15) is 29.9 Å². The minimum atomic E-state index is -1.30. The maximum atomic E-state index is 12.4. The number of thioether (sulfide) groups is 1. The molecule has 3 aliphatic heterocycles. The van der Waals surface area contributed by atoms with Gasteiger partial charge in [0.15, 0.2) is 0 Å². The fourth-order valence-corrected chi connectivity index (χ4v) is 6.65. The number of allylic oxidation sites excluding steroid dienone is 1. The maximum Gasteiger partial charge on any atom is 0.132 e. The summed E-state index contributed by atoms with van der Waals surface area (Å²) in [5.41, 5.74) is -0.653. The number of aliphatic hydroxyl groups is 3. The summed E-state index contributed by atoms with van der Waals surface area (Å²) in [5.74, 6) is 0.532. The summed E-state index contributed by atoms with van der Waals surface area (Å²) < 4.78 is 27.0. The third-order valence-electron chi connectivity index (χ3n) is 5.82. The average Bonchev–Trinajstić information content (AvgIpc) is 2.75. The van der Waals surface area contributed by atoms with Crippen molar-refractivity contribution in [3.63, 3.8) is 0 Å². The smallest absolute Gasteiger partial charge is 0.132 e. The van der Waals surface area contributed by atoms with Crippen LogP contribution < -0.4 is 4.72 Å². The minimum Gasteiger partial charge on any atom is -0.388 e. The lowest BCUT2D eigenvalue weighted by Gasteiger charge is -2.44. The van der Waals surface area contributed by atoms with Gasteiger partial charge in [-0.1, -0.05) is 25.5 Å². The van der Waals surface area contributed by atoms with E-state index < -0.39 is 46.9 Å². The van der Waals surface area contributed by atoms with E-state index in [1.807, 2.05) is 13.0 Å². The topological polar surface area (TPSA) is 111 Å². The number of ether oxygens (including phenoxy) is 2. The molecule has 0 aromatic rings. The number of fused-ring (bicyclic) bond motifs is 2. The summed E-state index contributed by atoms with van der Waals surface area (Å²) in [5, 5.41) is 31.8. The third kappa shape index (κ3) is 6.73. The summed E-state index contributed by atoms with van der Waals surface area (Å²) in [7, 11) is -1.24. The first-order valence-corrected chi connectivity index (χ1v) is 13.2. The molecule has 3 heterocycles. The highest BCUT2D eigenvalue weighted by Crippen LogP contribution is 2.35. The second-order valence-electron chi connectivity index (χ2n) is 8.18. The Labute approximate surface area is 186 Å². The van der Waals surface area contributed by atoms with E-state index in [4.69, 9.17) is 9.47 Å². The molecule has 0 aromatic heterocycles. The highest BCUT2D eigenvalue weighted by atomic mass is 32.2. The van der Waals surface area contributed by atoms with Crippen molar-refractivity contribution in [1.82, 2.24) is 9.62 Å². The zero-order valence-corrected chi connectivity index (χ0v) is 19.2. The second kappa shape index (κ2) is 12.3. The number of morpholine rings is 1. The van der Waals surface area contributed by atoms with Crippen LogP contribution in [0.15, 0.2) is 12.2 Å². The van der Waals surface area contributed by atoms with Crippen molar-refractivity contribution in [1.29, 1.82) is 0 Å². The molecular formula is C20H36N2O6S2. The molecular weight excluding hydrogens is 428 g/mol. The standard InChI is InChI=1S/C20H36N2O6S2/c1-2-3-12-30(26)21-15-7-5-4-6-14(13-22-8-10-27-11-9-22)29-20-18(25)16(23)17(24)19(15)28-20/h4-5,14-21,23-25H,2-3,6-13H2,1H3/b5-4-. The number of nitrogens with one attached hydrogen (secondary N) is 1. The highest BCUT2D eigenvalue weighted by molar-refractivity contribution is 8.00. The predicted octanol–water partition coefficient (Wildman–Crippen LogP) is 0.00000000000000261. The lowest BCUT2D eigenvalue weighted by atomic mass is 9.93. The summed E-state index contributed by atoms with van der Waals surface area (Å²) in [4.78, 5) is 2.35. The Morgan fingerprint density at radius 1 is 1.13 bits per heavy atom. The summed E-state index contributed by atoms with van der Waals surface area (Å²) in [6.07, 6.45) is 2.82. The van der Waals surface area contributed by atoms with Crippen molar-refractivity contribution < 1.29 is 29.0 Å². The lowest BCUT2D eigenvalue weighted by molar-refractivity contribution is -0.203. The van der Waals surface area contributed by atoms with Gasteiger partial charge in [0.2, 0.25) is 0 Å². The Bertz CT molecular complexity index is 577. The van der Waals surface area contributed by atoms with Crippen LogP contribution in [-0.4, -0.2) is 104 Å². The summed E-state index contributed by atoms with van der Waals surface area (Å²) >= 11 is 1.50. The van der Waals surface area contributed by atoms with Crippen LogP contribution in [0.5, 0.6) is 0 Å². The van der Waals surface area contributed by atoms with E-state index in [2.05, 4.69) is 15.7 Å². The first kappa shape index (κ1) is 24.6. The largest absolute Gasteiger partial charge is 0.388 e. The Hall–Kier alpha value is -0.0400. The number of aliphatic hydroxyl groups excluding tert-OH is 3. The van der Waals surface area contributed by atoms with Crippen LogP contribution in [0.3, 0.4) is 0 Å². The molecule has 3 aliphatic rings. The molecule has 0 radical (unpaired) electrons. The van der Waals surface area contributed by atoms with Crippen molar-refractivity contribution in [2.24, 2.45) is 0 Å². The molecule has 0 saturated carbocycles. The van der Waals surface area contributed by atoms with Crippen molar-refractivity contribution in [3.05, 3.63) is 12.2 Å². The van der Waals surface area contributed by atoms with Crippen molar-refractivity contribution in [2.45, 2.75) is 73.8 Å². The Morgan fingerprint density at radius 3 is 2.60 bits per heavy atom. The number of rotatable bonds is 7. The van der Waals surface area contributed by atoms with Gasteiger partial charge >= 0.3 is 0 Å².